The lowest BCUT2D eigenvalue weighted by atomic mass is 10.0. The van der Waals surface area contributed by atoms with Crippen molar-refractivity contribution in [1.29, 1.82) is 5.26 Å². The van der Waals surface area contributed by atoms with E-state index in [1.807, 2.05) is 6.07 Å². The van der Waals surface area contributed by atoms with Crippen LogP contribution >= 0.6 is 0 Å². The molecule has 0 atom stereocenters. The third kappa shape index (κ3) is 5.37. The van der Waals surface area contributed by atoms with E-state index >= 15 is 0 Å². The topological polar surface area (TPSA) is 88.4 Å². The Morgan fingerprint density at radius 1 is 0.871 bits per heavy atom. The molecule has 0 aromatic heterocycles. The molecule has 0 bridgehead atoms. The van der Waals surface area contributed by atoms with Gasteiger partial charge in [0.15, 0.2) is 0 Å². The van der Waals surface area contributed by atoms with E-state index in [1.165, 1.54) is 13.2 Å². The number of anilines is 1. The Kier molecular flexibility index (Phi) is 6.82. The second kappa shape index (κ2) is 9.90. The van der Waals surface area contributed by atoms with Gasteiger partial charge in [-0.15, -0.1) is 0 Å². The van der Waals surface area contributed by atoms with Crippen LogP contribution in [0.25, 0.3) is 6.08 Å². The van der Waals surface area contributed by atoms with Crippen LogP contribution in [0.2, 0.25) is 0 Å². The molecular weight excluding hydrogens is 392 g/mol. The first-order valence-corrected chi connectivity index (χ1v) is 9.40. The average Bonchev–Trinajstić information content (AvgIpc) is 2.82. The molecule has 6 heteroatoms. The minimum absolute atomic E-state index is 0.0214. The lowest BCUT2D eigenvalue weighted by Gasteiger charge is -2.07. The largest absolute Gasteiger partial charge is 0.497 e. The zero-order valence-electron chi connectivity index (χ0n) is 17.1. The monoisotopic (exact) mass is 412 g/mol. The van der Waals surface area contributed by atoms with Crippen molar-refractivity contribution in [3.63, 3.8) is 0 Å². The summed E-state index contributed by atoms with van der Waals surface area (Å²) in [7, 11) is 3.07. The van der Waals surface area contributed by atoms with Crippen molar-refractivity contribution in [3.8, 4) is 17.6 Å². The summed E-state index contributed by atoms with van der Waals surface area (Å²) in [5.74, 6) is 0.505. The Bertz CT molecular complexity index is 1170. The molecule has 1 amide bonds. The first kappa shape index (κ1) is 21.3. The molecule has 0 aliphatic carbocycles. The van der Waals surface area contributed by atoms with Crippen LogP contribution in [0.15, 0.2) is 78.4 Å². The predicted molar refractivity (Wildman–Crippen MR) is 118 cm³/mol. The van der Waals surface area contributed by atoms with E-state index in [2.05, 4.69) is 5.32 Å². The summed E-state index contributed by atoms with van der Waals surface area (Å²) in [5.41, 5.74) is 1.97. The fourth-order valence-electron chi connectivity index (χ4n) is 2.89. The second-order valence-electron chi connectivity index (χ2n) is 6.54. The number of benzene rings is 3. The summed E-state index contributed by atoms with van der Waals surface area (Å²) in [5, 5.41) is 12.3. The SMILES string of the molecule is COc1ccc(C(=O)Nc2cccc(/C=C(\C#N)C(=O)c3cccc(OC)c3)c2)cc1. The average molecular weight is 412 g/mol. The molecule has 0 unspecified atom stereocenters. The van der Waals surface area contributed by atoms with Crippen LogP contribution in [0.3, 0.4) is 0 Å². The van der Waals surface area contributed by atoms with E-state index in [4.69, 9.17) is 9.47 Å². The van der Waals surface area contributed by atoms with E-state index in [-0.39, 0.29) is 11.5 Å². The van der Waals surface area contributed by atoms with Gasteiger partial charge in [-0.05, 0) is 60.2 Å². The fourth-order valence-corrected chi connectivity index (χ4v) is 2.89. The van der Waals surface area contributed by atoms with Crippen molar-refractivity contribution in [2.75, 3.05) is 19.5 Å². The summed E-state index contributed by atoms with van der Waals surface area (Å²) in [6, 6.07) is 22.2. The van der Waals surface area contributed by atoms with Gasteiger partial charge in [-0.2, -0.15) is 5.26 Å². The number of methoxy groups -OCH3 is 2. The van der Waals surface area contributed by atoms with Gasteiger partial charge in [0.1, 0.15) is 23.1 Å². The fraction of sp³-hybridized carbons (Fsp3) is 0.0800. The summed E-state index contributed by atoms with van der Waals surface area (Å²) in [6.07, 6.45) is 1.49. The van der Waals surface area contributed by atoms with Crippen molar-refractivity contribution < 1.29 is 19.1 Å². The maximum absolute atomic E-state index is 12.7. The number of nitrogens with one attached hydrogen (secondary N) is 1. The molecule has 3 aromatic rings. The Labute approximate surface area is 180 Å². The summed E-state index contributed by atoms with van der Waals surface area (Å²) < 4.78 is 10.2. The Morgan fingerprint density at radius 2 is 1.58 bits per heavy atom. The van der Waals surface area contributed by atoms with Crippen molar-refractivity contribution in [2.24, 2.45) is 0 Å². The first-order valence-electron chi connectivity index (χ1n) is 9.40. The molecule has 0 aliphatic rings. The molecule has 0 fully saturated rings. The number of amides is 1. The van der Waals surface area contributed by atoms with Gasteiger partial charge in [0.2, 0.25) is 5.78 Å². The van der Waals surface area contributed by atoms with Gasteiger partial charge in [0.05, 0.1) is 14.2 Å². The van der Waals surface area contributed by atoms with Gasteiger partial charge in [-0.25, -0.2) is 0 Å². The molecule has 0 heterocycles. The summed E-state index contributed by atoms with van der Waals surface area (Å²) in [6.45, 7) is 0. The van der Waals surface area contributed by atoms with Crippen molar-refractivity contribution in [2.45, 2.75) is 0 Å². The zero-order chi connectivity index (χ0) is 22.2. The number of ketones is 1. The van der Waals surface area contributed by atoms with Crippen molar-refractivity contribution in [1.82, 2.24) is 0 Å². The number of nitrogens with zero attached hydrogens (tertiary/aromatic N) is 1. The number of hydrogen-bond donors (Lipinski definition) is 1. The van der Waals surface area contributed by atoms with Crippen LogP contribution in [0.4, 0.5) is 5.69 Å². The molecule has 0 spiro atoms. The highest BCUT2D eigenvalue weighted by molar-refractivity contribution is 6.14. The number of allylic oxidation sites excluding steroid dienone is 1. The highest BCUT2D eigenvalue weighted by Crippen LogP contribution is 2.20. The number of nitriles is 1. The molecule has 154 valence electrons. The number of rotatable bonds is 7. The molecule has 1 N–H and O–H groups in total. The zero-order valence-corrected chi connectivity index (χ0v) is 17.1. The quantitative estimate of drug-likeness (QED) is 0.344. The standard InChI is InChI=1S/C25H20N2O4/c1-30-22-11-9-18(10-12-22)25(29)27-21-7-3-5-17(14-21)13-20(16-26)24(28)19-6-4-8-23(15-19)31-2/h3-15H,1-2H3,(H,27,29)/b20-13+. The maximum atomic E-state index is 12.7. The van der Waals surface area contributed by atoms with Crippen LogP contribution in [-0.2, 0) is 0 Å². The number of carbonyl (C=O) groups is 2. The number of hydrogen-bond acceptors (Lipinski definition) is 5. The van der Waals surface area contributed by atoms with E-state index in [0.29, 0.717) is 33.9 Å². The van der Waals surface area contributed by atoms with Crippen molar-refractivity contribution in [3.05, 3.63) is 95.1 Å². The lowest BCUT2D eigenvalue weighted by molar-refractivity contribution is 0.102. The van der Waals surface area contributed by atoms with Crippen LogP contribution in [0.5, 0.6) is 11.5 Å². The minimum atomic E-state index is -0.408. The molecule has 0 aliphatic heterocycles. The Hall–Kier alpha value is -4.37. The van der Waals surface area contributed by atoms with Crippen LogP contribution < -0.4 is 14.8 Å². The molecule has 0 saturated heterocycles. The molecule has 3 rings (SSSR count). The summed E-state index contributed by atoms with van der Waals surface area (Å²) in [4.78, 5) is 25.2. The van der Waals surface area contributed by atoms with Gasteiger partial charge in [0.25, 0.3) is 5.91 Å². The summed E-state index contributed by atoms with van der Waals surface area (Å²) >= 11 is 0. The minimum Gasteiger partial charge on any atom is -0.497 e. The van der Waals surface area contributed by atoms with Crippen LogP contribution in [0.1, 0.15) is 26.3 Å². The van der Waals surface area contributed by atoms with Gasteiger partial charge in [0, 0.05) is 16.8 Å². The third-order valence-corrected chi connectivity index (χ3v) is 4.50. The molecular formula is C25H20N2O4. The predicted octanol–water partition coefficient (Wildman–Crippen LogP) is 4.75. The Morgan fingerprint density at radius 3 is 2.26 bits per heavy atom. The normalized spacial score (nSPS) is 10.7. The van der Waals surface area contributed by atoms with Gasteiger partial charge in [-0.1, -0.05) is 24.3 Å². The molecule has 0 radical (unpaired) electrons. The van der Waals surface area contributed by atoms with Gasteiger partial charge in [-0.3, -0.25) is 9.59 Å². The first-order chi connectivity index (χ1) is 15.0. The molecule has 3 aromatic carbocycles. The smallest absolute Gasteiger partial charge is 0.255 e. The molecule has 0 saturated carbocycles. The van der Waals surface area contributed by atoms with E-state index in [0.717, 1.165) is 0 Å². The lowest BCUT2D eigenvalue weighted by Crippen LogP contribution is -2.11. The van der Waals surface area contributed by atoms with E-state index < -0.39 is 5.78 Å². The van der Waals surface area contributed by atoms with Crippen LogP contribution in [0, 0.1) is 11.3 Å². The van der Waals surface area contributed by atoms with E-state index in [1.54, 1.807) is 79.9 Å². The molecule has 6 nitrogen and oxygen atoms in total. The van der Waals surface area contributed by atoms with Crippen LogP contribution in [-0.4, -0.2) is 25.9 Å². The highest BCUT2D eigenvalue weighted by Gasteiger charge is 2.13. The Balaban J connectivity index is 1.80. The number of Topliss-reactive ketones (excluding diaryl/α,β-unsaturated/α-hetero) is 1. The highest BCUT2D eigenvalue weighted by atomic mass is 16.5. The van der Waals surface area contributed by atoms with E-state index in [9.17, 15) is 14.9 Å². The maximum Gasteiger partial charge on any atom is 0.255 e. The van der Waals surface area contributed by atoms with Gasteiger partial charge < -0.3 is 14.8 Å². The second-order valence-corrected chi connectivity index (χ2v) is 6.54. The third-order valence-electron chi connectivity index (χ3n) is 4.50. The van der Waals surface area contributed by atoms with Crippen molar-refractivity contribution >= 4 is 23.5 Å². The molecule has 31 heavy (non-hydrogen) atoms. The van der Waals surface area contributed by atoms with Gasteiger partial charge >= 0.3 is 0 Å². The number of ether oxygens (including phenoxy) is 2. The number of carbonyl (C=O) groups excluding carboxylic acids is 2.